The van der Waals surface area contributed by atoms with Crippen LogP contribution in [0.2, 0.25) is 0 Å². The molecule has 96 valence electrons. The molecule has 0 fully saturated rings. The first-order valence-corrected chi connectivity index (χ1v) is 5.48. The van der Waals surface area contributed by atoms with Crippen molar-refractivity contribution >= 4 is 0 Å². The summed E-state index contributed by atoms with van der Waals surface area (Å²) >= 11 is 0. The van der Waals surface area contributed by atoms with E-state index in [1.807, 2.05) is 26.0 Å². The first-order chi connectivity index (χ1) is 8.29. The van der Waals surface area contributed by atoms with Crippen molar-refractivity contribution in [1.29, 1.82) is 0 Å². The van der Waals surface area contributed by atoms with E-state index in [4.69, 9.17) is 0 Å². The molecule has 1 heterocycles. The number of benzene rings is 1. The van der Waals surface area contributed by atoms with E-state index in [9.17, 15) is 13.2 Å². The summed E-state index contributed by atoms with van der Waals surface area (Å²) in [4.78, 5) is 0. The number of hydrogen-bond donors (Lipinski definition) is 0. The van der Waals surface area contributed by atoms with Crippen LogP contribution in [0, 0.1) is 13.8 Å². The van der Waals surface area contributed by atoms with E-state index in [1.165, 1.54) is 11.7 Å². The molecule has 2 rings (SSSR count). The van der Waals surface area contributed by atoms with Gasteiger partial charge in [-0.1, -0.05) is 12.1 Å². The summed E-state index contributed by atoms with van der Waals surface area (Å²) < 4.78 is 39.0. The molecule has 0 N–H and O–H groups in total. The van der Waals surface area contributed by atoms with E-state index >= 15 is 0 Å². The van der Waals surface area contributed by atoms with Gasteiger partial charge in [-0.15, -0.1) is 0 Å². The molecule has 0 unspecified atom stereocenters. The van der Waals surface area contributed by atoms with Crippen LogP contribution in [-0.4, -0.2) is 9.78 Å². The van der Waals surface area contributed by atoms with Gasteiger partial charge < -0.3 is 0 Å². The van der Waals surface area contributed by atoms with Crippen LogP contribution in [0.3, 0.4) is 0 Å². The Bertz CT molecular complexity index is 582. The molecule has 0 aliphatic carbocycles. The highest BCUT2D eigenvalue weighted by Gasteiger charge is 2.34. The van der Waals surface area contributed by atoms with Crippen LogP contribution >= 0.6 is 0 Å². The number of alkyl halides is 3. The lowest BCUT2D eigenvalue weighted by atomic mass is 10.0. The van der Waals surface area contributed by atoms with Gasteiger partial charge in [-0.25, -0.2) is 0 Å². The van der Waals surface area contributed by atoms with Crippen LogP contribution in [-0.2, 0) is 13.2 Å². The summed E-state index contributed by atoms with van der Waals surface area (Å²) in [6, 6.07) is 6.64. The normalized spacial score (nSPS) is 11.9. The second-order valence-corrected chi connectivity index (χ2v) is 4.34. The number of halogens is 3. The predicted molar refractivity (Wildman–Crippen MR) is 63.1 cm³/mol. The van der Waals surface area contributed by atoms with Crippen molar-refractivity contribution in [3.05, 3.63) is 41.1 Å². The van der Waals surface area contributed by atoms with E-state index < -0.39 is 11.9 Å². The van der Waals surface area contributed by atoms with Gasteiger partial charge in [0.15, 0.2) is 5.69 Å². The topological polar surface area (TPSA) is 17.8 Å². The summed E-state index contributed by atoms with van der Waals surface area (Å²) in [6.07, 6.45) is -4.41. The summed E-state index contributed by atoms with van der Waals surface area (Å²) in [5.41, 5.74) is 2.49. The van der Waals surface area contributed by atoms with Crippen LogP contribution in [0.25, 0.3) is 11.3 Å². The van der Waals surface area contributed by atoms with Gasteiger partial charge in [-0.2, -0.15) is 18.3 Å². The lowest BCUT2D eigenvalue weighted by molar-refractivity contribution is -0.141. The number of nitrogens with zero attached hydrogens (tertiary/aromatic N) is 2. The fourth-order valence-corrected chi connectivity index (χ4v) is 1.78. The lowest BCUT2D eigenvalue weighted by Gasteiger charge is -2.05. The summed E-state index contributed by atoms with van der Waals surface area (Å²) in [5, 5.41) is 3.50. The quantitative estimate of drug-likeness (QED) is 0.758. The molecular formula is C13H13F3N2. The Morgan fingerprint density at radius 1 is 1.06 bits per heavy atom. The van der Waals surface area contributed by atoms with Crippen LogP contribution in [0.5, 0.6) is 0 Å². The maximum Gasteiger partial charge on any atom is 0.435 e. The van der Waals surface area contributed by atoms with Gasteiger partial charge in [0.2, 0.25) is 0 Å². The highest BCUT2D eigenvalue weighted by atomic mass is 19.4. The molecule has 2 nitrogen and oxygen atoms in total. The third-order valence-corrected chi connectivity index (χ3v) is 2.97. The van der Waals surface area contributed by atoms with Crippen molar-refractivity contribution in [3.8, 4) is 11.3 Å². The molecule has 1 aromatic heterocycles. The van der Waals surface area contributed by atoms with E-state index in [0.29, 0.717) is 5.69 Å². The maximum absolute atomic E-state index is 12.6. The Balaban J connectivity index is 2.51. The second kappa shape index (κ2) is 4.15. The van der Waals surface area contributed by atoms with Crippen molar-refractivity contribution in [2.24, 2.45) is 7.05 Å². The molecule has 0 atom stereocenters. The Hall–Kier alpha value is -1.78. The average Bonchev–Trinajstić information content (AvgIpc) is 2.64. The van der Waals surface area contributed by atoms with Crippen molar-refractivity contribution in [3.63, 3.8) is 0 Å². The highest BCUT2D eigenvalue weighted by molar-refractivity contribution is 5.62. The molecule has 0 bridgehead atoms. The van der Waals surface area contributed by atoms with Gasteiger partial charge in [0.05, 0.1) is 5.69 Å². The lowest BCUT2D eigenvalue weighted by Crippen LogP contribution is -2.06. The Kier molecular flexibility index (Phi) is 2.92. The monoisotopic (exact) mass is 254 g/mol. The van der Waals surface area contributed by atoms with Crippen molar-refractivity contribution in [1.82, 2.24) is 9.78 Å². The van der Waals surface area contributed by atoms with Gasteiger partial charge in [0.25, 0.3) is 0 Å². The van der Waals surface area contributed by atoms with E-state index in [-0.39, 0.29) is 0 Å². The molecule has 0 saturated heterocycles. The molecule has 0 radical (unpaired) electrons. The van der Waals surface area contributed by atoms with Crippen molar-refractivity contribution in [2.45, 2.75) is 20.0 Å². The van der Waals surface area contributed by atoms with Gasteiger partial charge in [0, 0.05) is 12.6 Å². The number of rotatable bonds is 1. The van der Waals surface area contributed by atoms with Crippen LogP contribution in [0.1, 0.15) is 16.8 Å². The molecule has 2 aromatic rings. The number of aryl methyl sites for hydroxylation is 3. The minimum absolute atomic E-state index is 0.463. The smallest absolute Gasteiger partial charge is 0.267 e. The second-order valence-electron chi connectivity index (χ2n) is 4.34. The fraction of sp³-hybridized carbons (Fsp3) is 0.308. The van der Waals surface area contributed by atoms with Crippen molar-refractivity contribution in [2.75, 3.05) is 0 Å². The zero-order valence-corrected chi connectivity index (χ0v) is 10.3. The minimum Gasteiger partial charge on any atom is -0.267 e. The minimum atomic E-state index is -4.41. The SMILES string of the molecule is Cc1ccc(-c2cc(C(F)(F)F)nn2C)cc1C. The van der Waals surface area contributed by atoms with Crippen LogP contribution < -0.4 is 0 Å². The fourth-order valence-electron chi connectivity index (χ4n) is 1.78. The third-order valence-electron chi connectivity index (χ3n) is 2.97. The average molecular weight is 254 g/mol. The molecule has 0 amide bonds. The van der Waals surface area contributed by atoms with Gasteiger partial charge in [0.1, 0.15) is 0 Å². The third kappa shape index (κ3) is 2.25. The largest absolute Gasteiger partial charge is 0.435 e. The first kappa shape index (κ1) is 12.7. The summed E-state index contributed by atoms with van der Waals surface area (Å²) in [6.45, 7) is 3.89. The molecule has 0 spiro atoms. The predicted octanol–water partition coefficient (Wildman–Crippen LogP) is 3.72. The first-order valence-electron chi connectivity index (χ1n) is 5.48. The standard InChI is InChI=1S/C13H13F3N2/c1-8-4-5-10(6-9(8)2)11-7-12(13(14,15)16)17-18(11)3/h4-7H,1-3H3. The van der Waals surface area contributed by atoms with Crippen LogP contribution in [0.4, 0.5) is 13.2 Å². The van der Waals surface area contributed by atoms with Gasteiger partial charge in [-0.05, 0) is 37.1 Å². The van der Waals surface area contributed by atoms with Gasteiger partial charge in [-0.3, -0.25) is 4.68 Å². The molecule has 0 aliphatic heterocycles. The zero-order chi connectivity index (χ0) is 13.5. The highest BCUT2D eigenvalue weighted by Crippen LogP contribution is 2.31. The summed E-state index contributed by atoms with van der Waals surface area (Å²) in [5.74, 6) is 0. The summed E-state index contributed by atoms with van der Waals surface area (Å²) in [7, 11) is 1.51. The van der Waals surface area contributed by atoms with E-state index in [1.54, 1.807) is 6.07 Å². The Labute approximate surface area is 103 Å². The number of aromatic nitrogens is 2. The Morgan fingerprint density at radius 2 is 1.72 bits per heavy atom. The molecule has 1 aromatic carbocycles. The van der Waals surface area contributed by atoms with Crippen molar-refractivity contribution < 1.29 is 13.2 Å². The number of hydrogen-bond acceptors (Lipinski definition) is 1. The molecular weight excluding hydrogens is 241 g/mol. The van der Waals surface area contributed by atoms with Gasteiger partial charge >= 0.3 is 6.18 Å². The Morgan fingerprint density at radius 3 is 2.22 bits per heavy atom. The van der Waals surface area contributed by atoms with Crippen LogP contribution in [0.15, 0.2) is 24.3 Å². The molecule has 5 heteroatoms. The molecule has 0 aliphatic rings. The van der Waals surface area contributed by atoms with E-state index in [0.717, 1.165) is 22.8 Å². The maximum atomic E-state index is 12.6. The molecule has 0 saturated carbocycles. The van der Waals surface area contributed by atoms with E-state index in [2.05, 4.69) is 5.10 Å². The molecule has 18 heavy (non-hydrogen) atoms. The zero-order valence-electron chi connectivity index (χ0n) is 10.3.